The van der Waals surface area contributed by atoms with E-state index in [1.165, 1.54) is 122 Å². The second-order valence-corrected chi connectivity index (χ2v) is 20.5. The first-order valence-electron chi connectivity index (χ1n) is 22.4. The van der Waals surface area contributed by atoms with Crippen LogP contribution in [0.15, 0.2) is 158 Å². The molecular weight excluding hydrogens is 749 g/mol. The van der Waals surface area contributed by atoms with Crippen LogP contribution in [0.4, 0.5) is 0 Å². The number of hydrogen-bond donors (Lipinski definition) is 0. The third-order valence-electron chi connectivity index (χ3n) is 15.9. The predicted molar refractivity (Wildman–Crippen MR) is 261 cm³/mol. The minimum absolute atomic E-state index is 0.0321. The zero-order valence-corrected chi connectivity index (χ0v) is 36.9. The molecule has 2 heterocycles. The van der Waals surface area contributed by atoms with Gasteiger partial charge in [-0.25, -0.2) is 0 Å². The summed E-state index contributed by atoms with van der Waals surface area (Å²) in [7, 11) is 0. The van der Waals surface area contributed by atoms with E-state index >= 15 is 0 Å². The third-order valence-corrected chi connectivity index (χ3v) is 15.9. The zero-order valence-electron chi connectivity index (χ0n) is 36.9. The Morgan fingerprint density at radius 1 is 0.290 bits per heavy atom. The summed E-state index contributed by atoms with van der Waals surface area (Å²) in [5.41, 5.74) is 23.6. The second-order valence-electron chi connectivity index (χ2n) is 20.5. The van der Waals surface area contributed by atoms with E-state index in [0.29, 0.717) is 0 Å². The third kappa shape index (κ3) is 4.26. The number of hydrogen-bond acceptors (Lipinski definition) is 0. The van der Waals surface area contributed by atoms with Crippen molar-refractivity contribution in [2.45, 2.75) is 77.0 Å². The van der Waals surface area contributed by atoms with E-state index in [2.05, 4.69) is 222 Å². The molecule has 0 atom stereocenters. The fourth-order valence-corrected chi connectivity index (χ4v) is 13.0. The normalized spacial score (nSPS) is 16.9. The highest BCUT2D eigenvalue weighted by molar-refractivity contribution is 6.15. The largest absolute Gasteiger partial charge is 0.309 e. The molecule has 13 rings (SSSR count). The molecule has 0 amide bonds. The van der Waals surface area contributed by atoms with Gasteiger partial charge in [-0.15, -0.1) is 0 Å². The lowest BCUT2D eigenvalue weighted by molar-refractivity contribution is 0.529. The zero-order chi connectivity index (χ0) is 42.2. The Kier molecular flexibility index (Phi) is 6.76. The Morgan fingerprint density at radius 2 is 0.645 bits per heavy atom. The highest BCUT2D eigenvalue weighted by Crippen LogP contribution is 2.57. The summed E-state index contributed by atoms with van der Waals surface area (Å²) in [6.07, 6.45) is 0. The van der Waals surface area contributed by atoms with E-state index in [9.17, 15) is 0 Å². The lowest BCUT2D eigenvalue weighted by Crippen LogP contribution is -2.37. The standard InChI is InChI=1S/C60H50N2/c1-57(2)43-21-13-9-17-37(43)41-33-35(25-27-45(41)57)61-49-23-15-11-19-39(49)53-51(61)31-29-47-55(53)59(5,6)48-30-32-52-54(56(48)60(47,7)8)40-20-12-16-24-50(40)62(52)36-26-28-46-42(34-36)38-18-10-14-22-44(38)58(46,3)4/h9-34H,1-8H3. The SMILES string of the molecule is CC1(C)c2ccccc2-c2cc(-n3c4ccccc4c4c5c(ccc43)C(C)(C)c3c(ccc4c3c3ccccc3n4-c3ccc4c(c3)-c3ccccc3C4(C)C)C5(C)C)ccc21. The van der Waals surface area contributed by atoms with Crippen LogP contribution in [0.2, 0.25) is 0 Å². The number of nitrogens with zero attached hydrogens (tertiary/aromatic N) is 2. The Morgan fingerprint density at radius 3 is 1.08 bits per heavy atom. The van der Waals surface area contributed by atoms with Crippen molar-refractivity contribution >= 4 is 43.6 Å². The molecule has 0 saturated carbocycles. The second kappa shape index (κ2) is 11.6. The predicted octanol–water partition coefficient (Wildman–Crippen LogP) is 15.5. The molecular formula is C60H50N2. The Bertz CT molecular complexity index is 3390. The van der Waals surface area contributed by atoms with Crippen LogP contribution in [0.1, 0.15) is 99.9 Å². The Balaban J connectivity index is 1.05. The average molecular weight is 799 g/mol. The summed E-state index contributed by atoms with van der Waals surface area (Å²) in [6.45, 7) is 19.4. The van der Waals surface area contributed by atoms with Crippen molar-refractivity contribution < 1.29 is 0 Å². The highest BCUT2D eigenvalue weighted by atomic mass is 15.0. The molecule has 0 spiro atoms. The maximum atomic E-state index is 2.53. The number of rotatable bonds is 2. The van der Waals surface area contributed by atoms with Crippen molar-refractivity contribution in [2.24, 2.45) is 0 Å². The van der Waals surface area contributed by atoms with Crippen LogP contribution in [-0.4, -0.2) is 9.13 Å². The fourth-order valence-electron chi connectivity index (χ4n) is 13.0. The van der Waals surface area contributed by atoms with Gasteiger partial charge in [-0.3, -0.25) is 0 Å². The molecule has 2 heteroatoms. The van der Waals surface area contributed by atoms with E-state index in [4.69, 9.17) is 0 Å². The summed E-state index contributed by atoms with van der Waals surface area (Å²) in [6, 6.07) is 60.3. The van der Waals surface area contributed by atoms with Gasteiger partial charge in [0, 0.05) is 54.6 Å². The van der Waals surface area contributed by atoms with Gasteiger partial charge in [0.25, 0.3) is 0 Å². The molecule has 62 heavy (non-hydrogen) atoms. The molecule has 2 nitrogen and oxygen atoms in total. The summed E-state index contributed by atoms with van der Waals surface area (Å²) in [5.74, 6) is 0. The van der Waals surface area contributed by atoms with Crippen LogP contribution in [0, 0.1) is 0 Å². The minimum Gasteiger partial charge on any atom is -0.309 e. The molecule has 0 bridgehead atoms. The summed E-state index contributed by atoms with van der Waals surface area (Å²) in [4.78, 5) is 0. The van der Waals surface area contributed by atoms with Crippen LogP contribution >= 0.6 is 0 Å². The van der Waals surface area contributed by atoms with Crippen LogP contribution in [-0.2, 0) is 21.7 Å². The number of para-hydroxylation sites is 2. The molecule has 300 valence electrons. The summed E-state index contributed by atoms with van der Waals surface area (Å²) < 4.78 is 5.06. The molecule has 0 fully saturated rings. The van der Waals surface area contributed by atoms with Gasteiger partial charge < -0.3 is 9.13 Å². The topological polar surface area (TPSA) is 9.86 Å². The van der Waals surface area contributed by atoms with Crippen molar-refractivity contribution in [1.82, 2.24) is 9.13 Å². The van der Waals surface area contributed by atoms with Gasteiger partial charge in [-0.05, 0) is 115 Å². The molecule has 0 unspecified atom stereocenters. The summed E-state index contributed by atoms with van der Waals surface area (Å²) in [5, 5.41) is 5.36. The van der Waals surface area contributed by atoms with Gasteiger partial charge >= 0.3 is 0 Å². The Hall–Kier alpha value is -6.64. The van der Waals surface area contributed by atoms with E-state index in [1.54, 1.807) is 0 Å². The van der Waals surface area contributed by atoms with Gasteiger partial charge in [-0.1, -0.05) is 165 Å². The van der Waals surface area contributed by atoms with Crippen molar-refractivity contribution in [1.29, 1.82) is 0 Å². The molecule has 0 saturated heterocycles. The molecule has 3 aliphatic carbocycles. The lowest BCUT2D eigenvalue weighted by Gasteiger charge is -2.45. The molecule has 8 aromatic carbocycles. The van der Waals surface area contributed by atoms with Crippen molar-refractivity contribution in [3.63, 3.8) is 0 Å². The van der Waals surface area contributed by atoms with Crippen LogP contribution in [0.25, 0.3) is 77.2 Å². The fraction of sp³-hybridized carbons (Fsp3) is 0.200. The van der Waals surface area contributed by atoms with Crippen LogP contribution in [0.3, 0.4) is 0 Å². The average Bonchev–Trinajstić information content (AvgIpc) is 3.94. The number of benzene rings is 8. The van der Waals surface area contributed by atoms with Gasteiger partial charge in [0.05, 0.1) is 22.1 Å². The molecule has 10 aromatic rings. The maximum absolute atomic E-state index is 2.53. The van der Waals surface area contributed by atoms with Gasteiger partial charge in [0.1, 0.15) is 0 Å². The van der Waals surface area contributed by atoms with Gasteiger partial charge in [0.2, 0.25) is 0 Å². The van der Waals surface area contributed by atoms with E-state index in [1.807, 2.05) is 0 Å². The quantitative estimate of drug-likeness (QED) is 0.165. The van der Waals surface area contributed by atoms with E-state index in [-0.39, 0.29) is 21.7 Å². The van der Waals surface area contributed by atoms with Crippen LogP contribution in [0.5, 0.6) is 0 Å². The smallest absolute Gasteiger partial charge is 0.0544 e. The molecule has 2 aromatic heterocycles. The highest BCUT2D eigenvalue weighted by Gasteiger charge is 2.45. The lowest BCUT2D eigenvalue weighted by atomic mass is 9.58. The molecule has 3 aliphatic rings. The molecule has 0 N–H and O–H groups in total. The van der Waals surface area contributed by atoms with Crippen molar-refractivity contribution in [3.05, 3.63) is 202 Å². The van der Waals surface area contributed by atoms with Crippen LogP contribution < -0.4 is 0 Å². The minimum atomic E-state index is -0.282. The monoisotopic (exact) mass is 798 g/mol. The van der Waals surface area contributed by atoms with Gasteiger partial charge in [-0.2, -0.15) is 0 Å². The first-order valence-corrected chi connectivity index (χ1v) is 22.4. The number of aromatic nitrogens is 2. The van der Waals surface area contributed by atoms with E-state index < -0.39 is 0 Å². The molecule has 0 radical (unpaired) electrons. The van der Waals surface area contributed by atoms with E-state index in [0.717, 1.165) is 0 Å². The number of fused-ring (bicyclic) bond motifs is 16. The van der Waals surface area contributed by atoms with Crippen molar-refractivity contribution in [2.75, 3.05) is 0 Å². The van der Waals surface area contributed by atoms with Crippen molar-refractivity contribution in [3.8, 4) is 33.6 Å². The Labute approximate surface area is 364 Å². The van der Waals surface area contributed by atoms with Gasteiger partial charge in [0.15, 0.2) is 0 Å². The first-order chi connectivity index (χ1) is 29.8. The maximum Gasteiger partial charge on any atom is 0.0544 e. The molecule has 0 aliphatic heterocycles. The first kappa shape index (κ1) is 36.1. The summed E-state index contributed by atoms with van der Waals surface area (Å²) >= 11 is 0.